The van der Waals surface area contributed by atoms with Crippen LogP contribution in [0.15, 0.2) is 47.4 Å². The van der Waals surface area contributed by atoms with Gasteiger partial charge in [-0.1, -0.05) is 6.07 Å². The van der Waals surface area contributed by atoms with Gasteiger partial charge in [0, 0.05) is 37.5 Å². The van der Waals surface area contributed by atoms with E-state index in [-0.39, 0.29) is 11.1 Å². The van der Waals surface area contributed by atoms with Crippen LogP contribution < -0.4 is 19.3 Å². The van der Waals surface area contributed by atoms with Crippen molar-refractivity contribution in [1.29, 1.82) is 0 Å². The van der Waals surface area contributed by atoms with Gasteiger partial charge in [-0.25, -0.2) is 8.42 Å². The molecular formula is C20H23N3O4S. The van der Waals surface area contributed by atoms with Crippen molar-refractivity contribution in [1.82, 2.24) is 4.72 Å². The highest BCUT2D eigenvalue weighted by atomic mass is 32.2. The summed E-state index contributed by atoms with van der Waals surface area (Å²) in [4.78, 5) is 4.66. The van der Waals surface area contributed by atoms with Gasteiger partial charge in [0.25, 0.3) is 0 Å². The van der Waals surface area contributed by atoms with Gasteiger partial charge in [0.1, 0.15) is 16.4 Å². The average Bonchev–Trinajstić information content (AvgIpc) is 3.16. The predicted molar refractivity (Wildman–Crippen MR) is 107 cm³/mol. The summed E-state index contributed by atoms with van der Waals surface area (Å²) in [5.41, 5.74) is 1.84. The maximum Gasteiger partial charge on any atom is 0.244 e. The van der Waals surface area contributed by atoms with Crippen molar-refractivity contribution in [2.24, 2.45) is 0 Å². The highest BCUT2D eigenvalue weighted by Crippen LogP contribution is 2.38. The van der Waals surface area contributed by atoms with Crippen molar-refractivity contribution in [3.63, 3.8) is 0 Å². The SMILES string of the molecule is O=S1(=O)NC2CCCN2c2ccc(Oc3cccc(N4CCOCC4)c3)cc21. The molecule has 2 saturated heterocycles. The minimum Gasteiger partial charge on any atom is -0.457 e. The van der Waals surface area contributed by atoms with Gasteiger partial charge < -0.3 is 19.3 Å². The van der Waals surface area contributed by atoms with Gasteiger partial charge >= 0.3 is 0 Å². The molecule has 7 nitrogen and oxygen atoms in total. The summed E-state index contributed by atoms with van der Waals surface area (Å²) in [6, 6.07) is 13.2. The summed E-state index contributed by atoms with van der Waals surface area (Å²) >= 11 is 0. The molecule has 0 radical (unpaired) electrons. The summed E-state index contributed by atoms with van der Waals surface area (Å²) in [6.45, 7) is 4.00. The molecule has 0 amide bonds. The van der Waals surface area contributed by atoms with E-state index < -0.39 is 10.0 Å². The number of morpholine rings is 1. The largest absolute Gasteiger partial charge is 0.457 e. The van der Waals surface area contributed by atoms with Gasteiger partial charge in [0.05, 0.1) is 25.1 Å². The normalized spacial score (nSPS) is 23.2. The molecule has 0 saturated carbocycles. The number of nitrogens with one attached hydrogen (secondary N) is 1. The van der Waals surface area contributed by atoms with Crippen molar-refractivity contribution in [2.45, 2.75) is 23.9 Å². The molecule has 3 aliphatic rings. The average molecular weight is 401 g/mol. The predicted octanol–water partition coefficient (Wildman–Crippen LogP) is 2.53. The highest BCUT2D eigenvalue weighted by molar-refractivity contribution is 7.89. The fraction of sp³-hybridized carbons (Fsp3) is 0.400. The Morgan fingerprint density at radius 1 is 1.04 bits per heavy atom. The van der Waals surface area contributed by atoms with Gasteiger partial charge in [0.15, 0.2) is 0 Å². The molecular weight excluding hydrogens is 378 g/mol. The standard InChI is InChI=1S/C20H23N3O4S/c24-28(25)19-14-17(6-7-18(19)23-8-2-5-20(23)21-28)27-16-4-1-3-15(13-16)22-9-11-26-12-10-22/h1,3-4,6-7,13-14,20-21H,2,5,8-12H2. The summed E-state index contributed by atoms with van der Waals surface area (Å²) < 4.78 is 39.5. The summed E-state index contributed by atoms with van der Waals surface area (Å²) in [5, 5.41) is 0. The van der Waals surface area contributed by atoms with Gasteiger partial charge in [-0.05, 0) is 37.1 Å². The summed E-state index contributed by atoms with van der Waals surface area (Å²) in [7, 11) is -3.53. The van der Waals surface area contributed by atoms with E-state index in [1.165, 1.54) is 0 Å². The fourth-order valence-electron chi connectivity index (χ4n) is 4.13. The molecule has 0 bridgehead atoms. The molecule has 3 heterocycles. The Bertz CT molecular complexity index is 989. The van der Waals surface area contributed by atoms with Crippen LogP contribution in [0.2, 0.25) is 0 Å². The van der Waals surface area contributed by atoms with Crippen molar-refractivity contribution in [3.8, 4) is 11.5 Å². The maximum atomic E-state index is 12.7. The van der Waals surface area contributed by atoms with E-state index in [4.69, 9.17) is 9.47 Å². The van der Waals surface area contributed by atoms with Crippen LogP contribution in [0.4, 0.5) is 11.4 Å². The molecule has 28 heavy (non-hydrogen) atoms. The molecule has 148 valence electrons. The lowest BCUT2D eigenvalue weighted by molar-refractivity contribution is 0.122. The zero-order valence-electron chi connectivity index (χ0n) is 15.5. The number of sulfonamides is 1. The number of ether oxygens (including phenoxy) is 2. The van der Waals surface area contributed by atoms with Crippen molar-refractivity contribution in [2.75, 3.05) is 42.6 Å². The fourth-order valence-corrected chi connectivity index (χ4v) is 5.59. The third-order valence-corrected chi connectivity index (χ3v) is 6.99. The Kier molecular flexibility index (Phi) is 4.41. The minimum absolute atomic E-state index is 0.130. The van der Waals surface area contributed by atoms with Crippen molar-refractivity contribution in [3.05, 3.63) is 42.5 Å². The zero-order chi connectivity index (χ0) is 19.1. The lowest BCUT2D eigenvalue weighted by Gasteiger charge is -2.34. The second-order valence-electron chi connectivity index (χ2n) is 7.30. The van der Waals surface area contributed by atoms with Crippen molar-refractivity contribution < 1.29 is 17.9 Å². The van der Waals surface area contributed by atoms with Crippen molar-refractivity contribution >= 4 is 21.4 Å². The topological polar surface area (TPSA) is 71.1 Å². The van der Waals surface area contributed by atoms with E-state index in [0.717, 1.165) is 57.1 Å². The van der Waals surface area contributed by atoms with Crippen LogP contribution >= 0.6 is 0 Å². The lowest BCUT2D eigenvalue weighted by atomic mass is 10.2. The minimum atomic E-state index is -3.53. The van der Waals surface area contributed by atoms with Gasteiger partial charge in [0.2, 0.25) is 10.0 Å². The smallest absolute Gasteiger partial charge is 0.244 e. The first-order valence-electron chi connectivity index (χ1n) is 9.64. The first-order valence-corrected chi connectivity index (χ1v) is 11.1. The van der Waals surface area contributed by atoms with Gasteiger partial charge in [-0.15, -0.1) is 0 Å². The molecule has 1 unspecified atom stereocenters. The van der Waals surface area contributed by atoms with Crippen LogP contribution in [0.5, 0.6) is 11.5 Å². The summed E-state index contributed by atoms with van der Waals surface area (Å²) in [6.07, 6.45) is 1.69. The van der Waals surface area contributed by atoms with E-state index >= 15 is 0 Å². The van der Waals surface area contributed by atoms with E-state index in [1.807, 2.05) is 36.4 Å². The second-order valence-corrected chi connectivity index (χ2v) is 8.98. The Morgan fingerprint density at radius 3 is 2.71 bits per heavy atom. The molecule has 3 aliphatic heterocycles. The Hall–Kier alpha value is -2.29. The highest BCUT2D eigenvalue weighted by Gasteiger charge is 2.37. The van der Waals surface area contributed by atoms with Gasteiger partial charge in [-0.3, -0.25) is 0 Å². The number of fused-ring (bicyclic) bond motifs is 3. The van der Waals surface area contributed by atoms with Crippen LogP contribution in [-0.2, 0) is 14.8 Å². The number of nitrogens with zero attached hydrogens (tertiary/aromatic N) is 2. The number of hydrogen-bond donors (Lipinski definition) is 1. The van der Waals surface area contributed by atoms with E-state index in [2.05, 4.69) is 14.5 Å². The molecule has 2 aromatic carbocycles. The quantitative estimate of drug-likeness (QED) is 0.852. The van der Waals surface area contributed by atoms with Crippen LogP contribution in [0, 0.1) is 0 Å². The van der Waals surface area contributed by atoms with Gasteiger partial charge in [-0.2, -0.15) is 4.72 Å². The number of anilines is 2. The van der Waals surface area contributed by atoms with E-state index in [9.17, 15) is 8.42 Å². The number of hydrogen-bond acceptors (Lipinski definition) is 6. The first kappa shape index (κ1) is 17.8. The Morgan fingerprint density at radius 2 is 1.86 bits per heavy atom. The molecule has 1 N–H and O–H groups in total. The van der Waals surface area contributed by atoms with Crippen LogP contribution in [-0.4, -0.2) is 47.4 Å². The molecule has 2 aromatic rings. The molecule has 0 spiro atoms. The number of rotatable bonds is 3. The van der Waals surface area contributed by atoms with Crippen LogP contribution in [0.1, 0.15) is 12.8 Å². The maximum absolute atomic E-state index is 12.7. The molecule has 8 heteroatoms. The Balaban J connectivity index is 1.42. The lowest BCUT2D eigenvalue weighted by Crippen LogP contribution is -2.48. The second kappa shape index (κ2) is 6.95. The third kappa shape index (κ3) is 3.21. The van der Waals surface area contributed by atoms with Crippen LogP contribution in [0.25, 0.3) is 0 Å². The zero-order valence-corrected chi connectivity index (χ0v) is 16.3. The molecule has 1 atom stereocenters. The molecule has 0 aromatic heterocycles. The third-order valence-electron chi connectivity index (χ3n) is 5.50. The van der Waals surface area contributed by atoms with E-state index in [0.29, 0.717) is 11.5 Å². The van der Waals surface area contributed by atoms with E-state index in [1.54, 1.807) is 6.07 Å². The monoisotopic (exact) mass is 401 g/mol. The van der Waals surface area contributed by atoms with Crippen LogP contribution in [0.3, 0.4) is 0 Å². The molecule has 2 fully saturated rings. The first-order chi connectivity index (χ1) is 13.6. The molecule has 0 aliphatic carbocycles. The molecule has 5 rings (SSSR count). The summed E-state index contributed by atoms with van der Waals surface area (Å²) in [5.74, 6) is 1.20. The Labute approximate surface area is 164 Å². The number of benzene rings is 2.